The lowest BCUT2D eigenvalue weighted by Crippen LogP contribution is -2.06. The molecule has 0 saturated carbocycles. The van der Waals surface area contributed by atoms with Gasteiger partial charge in [-0.15, -0.1) is 0 Å². The van der Waals surface area contributed by atoms with E-state index in [1.807, 2.05) is 0 Å². The molecule has 0 aliphatic carbocycles. The number of para-hydroxylation sites is 1. The van der Waals surface area contributed by atoms with Crippen molar-refractivity contribution in [2.75, 3.05) is 0 Å². The van der Waals surface area contributed by atoms with Crippen LogP contribution in [-0.2, 0) is 4.79 Å². The Balaban J connectivity index is 2.63. The van der Waals surface area contributed by atoms with Gasteiger partial charge in [-0.05, 0) is 12.1 Å². The standard InChI is InChI=1S/C12H8O4/c1-2-11(13)16-10-7-12(14)15-9-6-4-3-5-8(9)10/h2-7H,1H2. The van der Waals surface area contributed by atoms with Crippen LogP contribution in [0.2, 0.25) is 0 Å². The molecule has 0 unspecified atom stereocenters. The van der Waals surface area contributed by atoms with Crippen LogP contribution >= 0.6 is 0 Å². The Morgan fingerprint density at radius 2 is 2.12 bits per heavy atom. The van der Waals surface area contributed by atoms with Gasteiger partial charge in [0.05, 0.1) is 11.5 Å². The topological polar surface area (TPSA) is 56.5 Å². The molecule has 0 radical (unpaired) electrons. The van der Waals surface area contributed by atoms with Gasteiger partial charge in [0.1, 0.15) is 11.3 Å². The number of esters is 1. The highest BCUT2D eigenvalue weighted by Crippen LogP contribution is 2.23. The molecular formula is C12H8O4. The van der Waals surface area contributed by atoms with Crippen LogP contribution in [0.4, 0.5) is 0 Å². The first-order chi connectivity index (χ1) is 7.70. The first-order valence-electron chi connectivity index (χ1n) is 4.58. The maximum absolute atomic E-state index is 11.2. The molecule has 0 fully saturated rings. The van der Waals surface area contributed by atoms with E-state index in [1.165, 1.54) is 0 Å². The van der Waals surface area contributed by atoms with Crippen LogP contribution in [-0.4, -0.2) is 5.97 Å². The molecule has 0 N–H and O–H groups in total. The molecule has 0 spiro atoms. The van der Waals surface area contributed by atoms with Crippen LogP contribution in [0.15, 0.2) is 52.2 Å². The molecule has 0 atom stereocenters. The van der Waals surface area contributed by atoms with Crippen LogP contribution in [0, 0.1) is 0 Å². The van der Waals surface area contributed by atoms with Crippen LogP contribution in [0.1, 0.15) is 0 Å². The fourth-order valence-corrected chi connectivity index (χ4v) is 1.32. The van der Waals surface area contributed by atoms with Gasteiger partial charge >= 0.3 is 11.6 Å². The number of fused-ring (bicyclic) bond motifs is 1. The smallest absolute Gasteiger partial charge is 0.339 e. The maximum atomic E-state index is 11.2. The summed E-state index contributed by atoms with van der Waals surface area (Å²) in [5.41, 5.74) is -0.188. The van der Waals surface area contributed by atoms with Crippen molar-refractivity contribution in [2.45, 2.75) is 0 Å². The quantitative estimate of drug-likeness (QED) is 0.437. The number of ether oxygens (including phenoxy) is 1. The molecule has 1 heterocycles. The molecule has 0 aliphatic heterocycles. The summed E-state index contributed by atoms with van der Waals surface area (Å²) in [5, 5.41) is 0.567. The molecule has 80 valence electrons. The average Bonchev–Trinajstić information content (AvgIpc) is 2.28. The third-order valence-electron chi connectivity index (χ3n) is 1.99. The van der Waals surface area contributed by atoms with E-state index in [0.717, 1.165) is 12.1 Å². The fraction of sp³-hybridized carbons (Fsp3) is 0. The number of carbonyl (C=O) groups excluding carboxylic acids is 1. The minimum Gasteiger partial charge on any atom is -0.422 e. The number of carbonyl (C=O) groups is 1. The molecule has 1 aromatic carbocycles. The average molecular weight is 216 g/mol. The van der Waals surface area contributed by atoms with E-state index in [-0.39, 0.29) is 5.75 Å². The molecule has 0 bridgehead atoms. The second-order valence-corrected chi connectivity index (χ2v) is 3.05. The van der Waals surface area contributed by atoms with E-state index in [4.69, 9.17) is 9.15 Å². The minimum absolute atomic E-state index is 0.178. The molecule has 0 saturated heterocycles. The Hall–Kier alpha value is -2.36. The van der Waals surface area contributed by atoms with Crippen molar-refractivity contribution in [1.29, 1.82) is 0 Å². The zero-order valence-electron chi connectivity index (χ0n) is 8.30. The highest BCUT2D eigenvalue weighted by molar-refractivity contribution is 5.89. The maximum Gasteiger partial charge on any atom is 0.339 e. The Morgan fingerprint density at radius 3 is 2.88 bits per heavy atom. The summed E-state index contributed by atoms with van der Waals surface area (Å²) in [7, 11) is 0. The Bertz CT molecular complexity index is 610. The van der Waals surface area contributed by atoms with E-state index < -0.39 is 11.6 Å². The van der Waals surface area contributed by atoms with Gasteiger partial charge in [0, 0.05) is 6.08 Å². The molecule has 2 aromatic rings. The second kappa shape index (κ2) is 4.02. The number of benzene rings is 1. The molecule has 1 aromatic heterocycles. The predicted octanol–water partition coefficient (Wildman–Crippen LogP) is 1.88. The van der Waals surface area contributed by atoms with Crippen LogP contribution < -0.4 is 10.4 Å². The Kier molecular flexibility index (Phi) is 2.55. The lowest BCUT2D eigenvalue weighted by molar-refractivity contribution is -0.128. The second-order valence-electron chi connectivity index (χ2n) is 3.05. The number of rotatable bonds is 2. The summed E-state index contributed by atoms with van der Waals surface area (Å²) in [6.07, 6.45) is 1.03. The van der Waals surface area contributed by atoms with Gasteiger partial charge < -0.3 is 9.15 Å². The van der Waals surface area contributed by atoms with Gasteiger partial charge in [-0.2, -0.15) is 0 Å². The lowest BCUT2D eigenvalue weighted by Gasteiger charge is -2.03. The van der Waals surface area contributed by atoms with Crippen molar-refractivity contribution in [3.8, 4) is 5.75 Å². The monoisotopic (exact) mass is 216 g/mol. The van der Waals surface area contributed by atoms with E-state index >= 15 is 0 Å². The van der Waals surface area contributed by atoms with Crippen molar-refractivity contribution >= 4 is 16.9 Å². The summed E-state index contributed by atoms with van der Waals surface area (Å²) >= 11 is 0. The van der Waals surface area contributed by atoms with E-state index in [2.05, 4.69) is 6.58 Å². The Morgan fingerprint density at radius 1 is 1.38 bits per heavy atom. The van der Waals surface area contributed by atoms with Crippen LogP contribution in [0.5, 0.6) is 5.75 Å². The van der Waals surface area contributed by atoms with Crippen molar-refractivity contribution in [1.82, 2.24) is 0 Å². The van der Waals surface area contributed by atoms with Crippen molar-refractivity contribution in [3.05, 3.63) is 53.4 Å². The van der Waals surface area contributed by atoms with E-state index in [9.17, 15) is 9.59 Å². The normalized spacial score (nSPS) is 10.0. The number of hydrogen-bond donors (Lipinski definition) is 0. The fourth-order valence-electron chi connectivity index (χ4n) is 1.32. The van der Waals surface area contributed by atoms with Gasteiger partial charge in [-0.3, -0.25) is 0 Å². The zero-order chi connectivity index (χ0) is 11.5. The van der Waals surface area contributed by atoms with Crippen molar-refractivity contribution < 1.29 is 13.9 Å². The van der Waals surface area contributed by atoms with Gasteiger partial charge in [0.2, 0.25) is 0 Å². The summed E-state index contributed by atoms with van der Waals surface area (Å²) in [5.74, 6) is -0.437. The van der Waals surface area contributed by atoms with Gasteiger partial charge in [-0.25, -0.2) is 9.59 Å². The van der Waals surface area contributed by atoms with E-state index in [1.54, 1.807) is 24.3 Å². The Labute approximate surface area is 90.8 Å². The number of hydrogen-bond acceptors (Lipinski definition) is 4. The highest BCUT2D eigenvalue weighted by atomic mass is 16.5. The van der Waals surface area contributed by atoms with Crippen molar-refractivity contribution in [2.24, 2.45) is 0 Å². The first-order valence-corrected chi connectivity index (χ1v) is 4.58. The molecule has 16 heavy (non-hydrogen) atoms. The molecule has 0 amide bonds. The summed E-state index contributed by atoms with van der Waals surface area (Å²) in [6, 6.07) is 7.94. The first kappa shape index (κ1) is 10.2. The molecule has 4 heteroatoms. The molecular weight excluding hydrogens is 208 g/mol. The van der Waals surface area contributed by atoms with Crippen molar-refractivity contribution in [3.63, 3.8) is 0 Å². The largest absolute Gasteiger partial charge is 0.422 e. The van der Waals surface area contributed by atoms with Crippen LogP contribution in [0.25, 0.3) is 11.0 Å². The third-order valence-corrected chi connectivity index (χ3v) is 1.99. The molecule has 2 rings (SSSR count). The minimum atomic E-state index is -0.615. The highest BCUT2D eigenvalue weighted by Gasteiger charge is 2.08. The third kappa shape index (κ3) is 1.86. The van der Waals surface area contributed by atoms with Gasteiger partial charge in [-0.1, -0.05) is 18.7 Å². The predicted molar refractivity (Wildman–Crippen MR) is 58.3 cm³/mol. The lowest BCUT2D eigenvalue weighted by atomic mass is 10.2. The van der Waals surface area contributed by atoms with Gasteiger partial charge in [0.15, 0.2) is 0 Å². The SMILES string of the molecule is C=CC(=O)Oc1cc(=O)oc2ccccc12. The van der Waals surface area contributed by atoms with E-state index in [0.29, 0.717) is 11.0 Å². The van der Waals surface area contributed by atoms with Gasteiger partial charge in [0.25, 0.3) is 0 Å². The summed E-state index contributed by atoms with van der Waals surface area (Å²) in [4.78, 5) is 22.3. The molecule has 0 aliphatic rings. The summed E-state index contributed by atoms with van der Waals surface area (Å²) < 4.78 is 9.89. The zero-order valence-corrected chi connectivity index (χ0v) is 8.30. The molecule has 4 nitrogen and oxygen atoms in total. The summed E-state index contributed by atoms with van der Waals surface area (Å²) in [6.45, 7) is 3.28. The van der Waals surface area contributed by atoms with Crippen LogP contribution in [0.3, 0.4) is 0 Å².